The Morgan fingerprint density at radius 2 is 2.06 bits per heavy atom. The van der Waals surface area contributed by atoms with Gasteiger partial charge in [-0.25, -0.2) is 0 Å². The highest BCUT2D eigenvalue weighted by Gasteiger charge is 2.21. The molecule has 1 fully saturated rings. The molecule has 0 amide bonds. The van der Waals surface area contributed by atoms with Gasteiger partial charge in [0.1, 0.15) is 0 Å². The van der Waals surface area contributed by atoms with E-state index in [2.05, 4.69) is 79.8 Å². The predicted octanol–water partition coefficient (Wildman–Crippen LogP) is 6.44. The van der Waals surface area contributed by atoms with E-state index < -0.39 is 0 Å². The molecule has 1 aliphatic heterocycles. The van der Waals surface area contributed by atoms with E-state index in [4.69, 9.17) is 0 Å². The molecule has 1 aromatic carbocycles. The number of aromatic amines is 1. The number of nitrogens with one attached hydrogen (secondary N) is 2. The fraction of sp³-hybridized carbons (Fsp3) is 0.500. The normalized spacial score (nSPS) is 18.0. The summed E-state index contributed by atoms with van der Waals surface area (Å²) in [6.07, 6.45) is 10.0. The molecule has 0 saturated carbocycles. The van der Waals surface area contributed by atoms with Gasteiger partial charge in [0.2, 0.25) is 0 Å². The number of rotatable bonds is 9. The first-order chi connectivity index (χ1) is 15.0. The van der Waals surface area contributed by atoms with Gasteiger partial charge in [0.05, 0.1) is 0 Å². The molecule has 2 aromatic rings. The van der Waals surface area contributed by atoms with Crippen LogP contribution in [0.1, 0.15) is 62.8 Å². The van der Waals surface area contributed by atoms with Gasteiger partial charge in [-0.2, -0.15) is 0 Å². The number of H-pyrrole nitrogens is 1. The first-order valence-corrected chi connectivity index (χ1v) is 12.0. The van der Waals surface area contributed by atoms with Gasteiger partial charge in [-0.1, -0.05) is 50.3 Å². The molecule has 0 radical (unpaired) electrons. The molecule has 31 heavy (non-hydrogen) atoms. The number of likely N-dealkylation sites (tertiary alicyclic amines) is 1. The van der Waals surface area contributed by atoms with E-state index >= 15 is 0 Å². The zero-order valence-corrected chi connectivity index (χ0v) is 20.2. The molecule has 0 bridgehead atoms. The Bertz CT molecular complexity index is 939. The predicted molar refractivity (Wildman–Crippen MR) is 137 cm³/mol. The molecule has 1 aromatic heterocycles. The SMILES string of the molecule is C=C/C=C(\C=C(\C)C(C)CC)c1[nH]c2ccc(C3CCN(CCNC)CC3)cc2c1C. The van der Waals surface area contributed by atoms with Crippen molar-refractivity contribution in [3.63, 3.8) is 0 Å². The highest BCUT2D eigenvalue weighted by atomic mass is 15.1. The molecule has 2 N–H and O–H groups in total. The molecule has 1 saturated heterocycles. The Balaban J connectivity index is 1.86. The van der Waals surface area contributed by atoms with Crippen molar-refractivity contribution in [1.82, 2.24) is 15.2 Å². The Hall–Kier alpha value is -2.10. The third kappa shape index (κ3) is 5.58. The van der Waals surface area contributed by atoms with Crippen molar-refractivity contribution in [3.05, 3.63) is 65.4 Å². The van der Waals surface area contributed by atoms with Crippen molar-refractivity contribution >= 4 is 16.5 Å². The van der Waals surface area contributed by atoms with Crippen LogP contribution in [0, 0.1) is 12.8 Å². The second-order valence-electron chi connectivity index (χ2n) is 9.20. The minimum Gasteiger partial charge on any atom is -0.354 e. The summed E-state index contributed by atoms with van der Waals surface area (Å²) in [7, 11) is 2.03. The van der Waals surface area contributed by atoms with Crippen LogP contribution >= 0.6 is 0 Å². The lowest BCUT2D eigenvalue weighted by atomic mass is 9.88. The zero-order chi connectivity index (χ0) is 22.4. The van der Waals surface area contributed by atoms with Gasteiger partial charge < -0.3 is 15.2 Å². The summed E-state index contributed by atoms with van der Waals surface area (Å²) < 4.78 is 0. The van der Waals surface area contributed by atoms with Crippen molar-refractivity contribution < 1.29 is 0 Å². The van der Waals surface area contributed by atoms with E-state index in [1.54, 1.807) is 0 Å². The summed E-state index contributed by atoms with van der Waals surface area (Å²) in [6.45, 7) is 17.6. The van der Waals surface area contributed by atoms with Gasteiger partial charge in [0, 0.05) is 29.7 Å². The van der Waals surface area contributed by atoms with E-state index in [0.717, 1.165) is 19.5 Å². The molecule has 0 aliphatic carbocycles. The van der Waals surface area contributed by atoms with Crippen LogP contribution in [0.2, 0.25) is 0 Å². The summed E-state index contributed by atoms with van der Waals surface area (Å²) in [5.74, 6) is 1.26. The first-order valence-electron chi connectivity index (χ1n) is 12.0. The number of hydrogen-bond donors (Lipinski definition) is 2. The van der Waals surface area contributed by atoms with Crippen LogP contribution in [0.5, 0.6) is 0 Å². The maximum atomic E-state index is 3.95. The van der Waals surface area contributed by atoms with Gasteiger partial charge in [-0.05, 0) is 93.9 Å². The minimum absolute atomic E-state index is 0.587. The topological polar surface area (TPSA) is 31.1 Å². The van der Waals surface area contributed by atoms with Gasteiger partial charge >= 0.3 is 0 Å². The van der Waals surface area contributed by atoms with Gasteiger partial charge in [-0.3, -0.25) is 0 Å². The maximum Gasteiger partial charge on any atom is 0.0494 e. The Labute approximate surface area is 189 Å². The molecule has 1 atom stereocenters. The van der Waals surface area contributed by atoms with Crippen molar-refractivity contribution in [2.75, 3.05) is 33.2 Å². The number of aryl methyl sites for hydroxylation is 1. The minimum atomic E-state index is 0.587. The molecule has 2 heterocycles. The van der Waals surface area contributed by atoms with Gasteiger partial charge in [0.15, 0.2) is 0 Å². The first kappa shape index (κ1) is 23.6. The van der Waals surface area contributed by atoms with Crippen molar-refractivity contribution in [2.24, 2.45) is 5.92 Å². The summed E-state index contributed by atoms with van der Waals surface area (Å²) >= 11 is 0. The summed E-state index contributed by atoms with van der Waals surface area (Å²) in [5.41, 5.74) is 7.92. The monoisotopic (exact) mass is 419 g/mol. The van der Waals surface area contributed by atoms with Crippen molar-refractivity contribution in [2.45, 2.75) is 52.9 Å². The van der Waals surface area contributed by atoms with E-state index in [1.165, 1.54) is 64.8 Å². The molecule has 0 spiro atoms. The van der Waals surface area contributed by atoms with Crippen LogP contribution < -0.4 is 5.32 Å². The quantitative estimate of drug-likeness (QED) is 0.458. The fourth-order valence-corrected chi connectivity index (χ4v) is 4.69. The zero-order valence-electron chi connectivity index (χ0n) is 20.2. The molecule has 3 rings (SSSR count). The second-order valence-corrected chi connectivity index (χ2v) is 9.20. The molecule has 1 aliphatic rings. The lowest BCUT2D eigenvalue weighted by Gasteiger charge is -2.32. The molecule has 1 unspecified atom stereocenters. The third-order valence-electron chi connectivity index (χ3n) is 7.18. The third-order valence-corrected chi connectivity index (χ3v) is 7.18. The van der Waals surface area contributed by atoms with Crippen molar-refractivity contribution in [1.29, 1.82) is 0 Å². The van der Waals surface area contributed by atoms with Crippen LogP contribution in [-0.4, -0.2) is 43.1 Å². The molecular formula is C28H41N3. The number of fused-ring (bicyclic) bond motifs is 1. The van der Waals surface area contributed by atoms with Crippen LogP contribution in [-0.2, 0) is 0 Å². The van der Waals surface area contributed by atoms with E-state index in [1.807, 2.05) is 13.1 Å². The second kappa shape index (κ2) is 11.0. The Morgan fingerprint density at radius 1 is 1.32 bits per heavy atom. The van der Waals surface area contributed by atoms with Crippen molar-refractivity contribution in [3.8, 4) is 0 Å². The maximum absolute atomic E-state index is 3.95. The highest BCUT2D eigenvalue weighted by molar-refractivity contribution is 5.91. The number of allylic oxidation sites excluding steroid dienone is 5. The summed E-state index contributed by atoms with van der Waals surface area (Å²) in [6, 6.07) is 7.06. The van der Waals surface area contributed by atoms with E-state index in [9.17, 15) is 0 Å². The molecule has 168 valence electrons. The lowest BCUT2D eigenvalue weighted by molar-refractivity contribution is 0.214. The molecule has 3 nitrogen and oxygen atoms in total. The summed E-state index contributed by atoms with van der Waals surface area (Å²) in [4.78, 5) is 6.28. The van der Waals surface area contributed by atoms with E-state index in [-0.39, 0.29) is 0 Å². The van der Waals surface area contributed by atoms with Gasteiger partial charge in [-0.15, -0.1) is 0 Å². The molecule has 3 heteroatoms. The average Bonchev–Trinajstić information content (AvgIpc) is 3.12. The number of piperidine rings is 1. The van der Waals surface area contributed by atoms with Crippen LogP contribution in [0.3, 0.4) is 0 Å². The largest absolute Gasteiger partial charge is 0.354 e. The van der Waals surface area contributed by atoms with Crippen LogP contribution in [0.25, 0.3) is 16.5 Å². The van der Waals surface area contributed by atoms with Crippen LogP contribution in [0.15, 0.2) is 48.6 Å². The number of likely N-dealkylation sites (N-methyl/N-ethyl adjacent to an activating group) is 1. The highest BCUT2D eigenvalue weighted by Crippen LogP contribution is 2.34. The number of aromatic nitrogens is 1. The number of nitrogens with zero attached hydrogens (tertiary/aromatic N) is 1. The smallest absolute Gasteiger partial charge is 0.0494 e. The van der Waals surface area contributed by atoms with Gasteiger partial charge in [0.25, 0.3) is 0 Å². The van der Waals surface area contributed by atoms with E-state index in [0.29, 0.717) is 11.8 Å². The fourth-order valence-electron chi connectivity index (χ4n) is 4.69. The number of benzene rings is 1. The molecular weight excluding hydrogens is 378 g/mol. The number of hydrogen-bond acceptors (Lipinski definition) is 2. The average molecular weight is 420 g/mol. The summed E-state index contributed by atoms with van der Waals surface area (Å²) in [5, 5.41) is 4.62. The Kier molecular flexibility index (Phi) is 8.34. The van der Waals surface area contributed by atoms with Crippen LogP contribution in [0.4, 0.5) is 0 Å². The Morgan fingerprint density at radius 3 is 2.71 bits per heavy atom. The lowest BCUT2D eigenvalue weighted by Crippen LogP contribution is -2.37. The standard InChI is InChI=1S/C28H41N3/c1-7-9-25(18-21(4)20(3)8-2)28-22(5)26-19-24(10-11-27(26)30-28)23-12-15-31(16-13-23)17-14-29-6/h7,9-11,18-20,23,29-30H,1,8,12-17H2,2-6H3/b21-18-,25-9+.